The van der Waals surface area contributed by atoms with Crippen LogP contribution in [0, 0.1) is 0 Å². The summed E-state index contributed by atoms with van der Waals surface area (Å²) in [7, 11) is 3.19. The number of likely N-dealkylation sites (tertiary alicyclic amines) is 1. The maximum Gasteiger partial charge on any atom is 0.322 e. The first-order chi connectivity index (χ1) is 10.2. The van der Waals surface area contributed by atoms with Gasteiger partial charge < -0.3 is 19.7 Å². The van der Waals surface area contributed by atoms with E-state index in [9.17, 15) is 4.79 Å². The Hall–Kier alpha value is -1.91. The molecule has 1 aliphatic heterocycles. The molecule has 1 unspecified atom stereocenters. The zero-order valence-electron chi connectivity index (χ0n) is 13.0. The Kier molecular flexibility index (Phi) is 5.31. The summed E-state index contributed by atoms with van der Waals surface area (Å²) in [5, 5.41) is 2.95. The number of amides is 2. The number of nitrogens with zero attached hydrogens (tertiary/aromatic N) is 1. The zero-order valence-corrected chi connectivity index (χ0v) is 13.0. The molecule has 0 radical (unpaired) electrons. The highest BCUT2D eigenvalue weighted by Gasteiger charge is 2.25. The van der Waals surface area contributed by atoms with Gasteiger partial charge in [0.15, 0.2) is 0 Å². The van der Waals surface area contributed by atoms with Gasteiger partial charge >= 0.3 is 6.03 Å². The molecule has 0 spiro atoms. The van der Waals surface area contributed by atoms with Crippen molar-refractivity contribution in [3.63, 3.8) is 0 Å². The molecule has 5 nitrogen and oxygen atoms in total. The van der Waals surface area contributed by atoms with Crippen LogP contribution in [0.3, 0.4) is 0 Å². The molecule has 0 aromatic heterocycles. The van der Waals surface area contributed by atoms with Crippen molar-refractivity contribution in [2.75, 3.05) is 26.1 Å². The van der Waals surface area contributed by atoms with Gasteiger partial charge in [0.2, 0.25) is 0 Å². The molecule has 2 rings (SSSR count). The van der Waals surface area contributed by atoms with E-state index in [-0.39, 0.29) is 6.03 Å². The number of hydrogen-bond donors (Lipinski definition) is 1. The predicted octanol–water partition coefficient (Wildman–Crippen LogP) is 3.50. The minimum Gasteiger partial charge on any atom is -0.497 e. The van der Waals surface area contributed by atoms with Gasteiger partial charge in [0.1, 0.15) is 11.5 Å². The first kappa shape index (κ1) is 15.5. The first-order valence-electron chi connectivity index (χ1n) is 7.48. The van der Waals surface area contributed by atoms with Crippen LogP contribution in [0.5, 0.6) is 11.5 Å². The standard InChI is InChI=1S/C16H24N2O3/c1-4-13-7-5-6-8-18(13)16(19)17-12-9-14(20-2)11-15(10-12)21-3/h9-11,13H,4-8H2,1-3H3,(H,17,19). The van der Waals surface area contributed by atoms with Crippen LogP contribution in [0.4, 0.5) is 10.5 Å². The van der Waals surface area contributed by atoms with Gasteiger partial charge in [-0.3, -0.25) is 0 Å². The number of nitrogens with one attached hydrogen (secondary N) is 1. The van der Waals surface area contributed by atoms with Gasteiger partial charge in [0, 0.05) is 36.5 Å². The third-order valence-electron chi connectivity index (χ3n) is 3.96. The summed E-state index contributed by atoms with van der Waals surface area (Å²) in [4.78, 5) is 14.4. The second kappa shape index (κ2) is 7.20. The summed E-state index contributed by atoms with van der Waals surface area (Å²) in [6.07, 6.45) is 4.36. The van der Waals surface area contributed by atoms with Crippen molar-refractivity contribution in [3.8, 4) is 11.5 Å². The molecule has 116 valence electrons. The molecule has 0 bridgehead atoms. The average molecular weight is 292 g/mol. The quantitative estimate of drug-likeness (QED) is 0.924. The van der Waals surface area contributed by atoms with E-state index >= 15 is 0 Å². The highest BCUT2D eigenvalue weighted by atomic mass is 16.5. The highest BCUT2D eigenvalue weighted by molar-refractivity contribution is 5.90. The van der Waals surface area contributed by atoms with Gasteiger partial charge in [0.25, 0.3) is 0 Å². The van der Waals surface area contributed by atoms with Crippen molar-refractivity contribution in [1.82, 2.24) is 4.90 Å². The van der Waals surface area contributed by atoms with Crippen molar-refractivity contribution in [3.05, 3.63) is 18.2 Å². The summed E-state index contributed by atoms with van der Waals surface area (Å²) in [5.74, 6) is 1.32. The molecule has 1 heterocycles. The number of ether oxygens (including phenoxy) is 2. The van der Waals surface area contributed by atoms with Gasteiger partial charge in [-0.2, -0.15) is 0 Å². The summed E-state index contributed by atoms with van der Waals surface area (Å²) in [6, 6.07) is 5.67. The number of carbonyl (C=O) groups excluding carboxylic acids is 1. The van der Waals surface area contributed by atoms with Crippen LogP contribution in [0.2, 0.25) is 0 Å². The lowest BCUT2D eigenvalue weighted by Crippen LogP contribution is -2.45. The van der Waals surface area contributed by atoms with Crippen molar-refractivity contribution >= 4 is 11.7 Å². The minimum absolute atomic E-state index is 0.0446. The maximum absolute atomic E-state index is 12.5. The zero-order chi connectivity index (χ0) is 15.2. The van der Waals surface area contributed by atoms with E-state index in [1.807, 2.05) is 4.90 Å². The monoisotopic (exact) mass is 292 g/mol. The molecule has 5 heteroatoms. The summed E-state index contributed by atoms with van der Waals surface area (Å²) >= 11 is 0. The molecular formula is C16H24N2O3. The lowest BCUT2D eigenvalue weighted by molar-refractivity contribution is 0.160. The van der Waals surface area contributed by atoms with E-state index in [0.717, 1.165) is 25.8 Å². The molecule has 1 aliphatic rings. The summed E-state index contributed by atoms with van der Waals surface area (Å²) in [5.41, 5.74) is 0.691. The lowest BCUT2D eigenvalue weighted by Gasteiger charge is -2.35. The van der Waals surface area contributed by atoms with Crippen molar-refractivity contribution in [2.45, 2.75) is 38.6 Å². The first-order valence-corrected chi connectivity index (χ1v) is 7.48. The fraction of sp³-hybridized carbons (Fsp3) is 0.562. The third kappa shape index (κ3) is 3.80. The fourth-order valence-electron chi connectivity index (χ4n) is 2.77. The van der Waals surface area contributed by atoms with Crippen molar-refractivity contribution < 1.29 is 14.3 Å². The van der Waals surface area contributed by atoms with Crippen LogP contribution in [0.15, 0.2) is 18.2 Å². The molecule has 2 amide bonds. The number of piperidine rings is 1. The number of carbonyl (C=O) groups is 1. The second-order valence-electron chi connectivity index (χ2n) is 5.28. The van der Waals surface area contributed by atoms with E-state index in [1.165, 1.54) is 6.42 Å². The molecule has 0 aliphatic carbocycles. The number of hydrogen-bond acceptors (Lipinski definition) is 3. The number of benzene rings is 1. The normalized spacial score (nSPS) is 18.2. The molecular weight excluding hydrogens is 268 g/mol. The molecule has 1 aromatic carbocycles. The van der Waals surface area contributed by atoms with E-state index < -0.39 is 0 Å². The molecule has 21 heavy (non-hydrogen) atoms. The Morgan fingerprint density at radius 2 is 1.90 bits per heavy atom. The Labute approximate surface area is 126 Å². The second-order valence-corrected chi connectivity index (χ2v) is 5.28. The number of methoxy groups -OCH3 is 2. The van der Waals surface area contributed by atoms with Gasteiger partial charge in [-0.15, -0.1) is 0 Å². The Bertz CT molecular complexity index is 468. The van der Waals surface area contributed by atoms with E-state index in [4.69, 9.17) is 9.47 Å². The Balaban J connectivity index is 2.11. The van der Waals surface area contributed by atoms with Crippen molar-refractivity contribution in [2.24, 2.45) is 0 Å². The number of rotatable bonds is 4. The van der Waals surface area contributed by atoms with Gasteiger partial charge in [-0.25, -0.2) is 4.79 Å². The van der Waals surface area contributed by atoms with Crippen molar-refractivity contribution in [1.29, 1.82) is 0 Å². The Morgan fingerprint density at radius 1 is 1.24 bits per heavy atom. The summed E-state index contributed by atoms with van der Waals surface area (Å²) in [6.45, 7) is 2.95. The van der Waals surface area contributed by atoms with E-state index in [1.54, 1.807) is 32.4 Å². The molecule has 1 atom stereocenters. The van der Waals surface area contributed by atoms with Gasteiger partial charge in [-0.1, -0.05) is 6.92 Å². The predicted molar refractivity (Wildman–Crippen MR) is 83.2 cm³/mol. The minimum atomic E-state index is -0.0446. The van der Waals surface area contributed by atoms with E-state index in [2.05, 4.69) is 12.2 Å². The highest BCUT2D eigenvalue weighted by Crippen LogP contribution is 2.27. The molecule has 1 N–H and O–H groups in total. The number of anilines is 1. The SMILES string of the molecule is CCC1CCCCN1C(=O)Nc1cc(OC)cc(OC)c1. The average Bonchev–Trinajstić information content (AvgIpc) is 2.54. The largest absolute Gasteiger partial charge is 0.497 e. The molecule has 1 saturated heterocycles. The summed E-state index contributed by atoms with van der Waals surface area (Å²) < 4.78 is 10.4. The van der Waals surface area contributed by atoms with Crippen LogP contribution in [0.25, 0.3) is 0 Å². The van der Waals surface area contributed by atoms with Crippen LogP contribution in [-0.4, -0.2) is 37.7 Å². The van der Waals surface area contributed by atoms with Crippen LogP contribution < -0.4 is 14.8 Å². The topological polar surface area (TPSA) is 50.8 Å². The smallest absolute Gasteiger partial charge is 0.322 e. The van der Waals surface area contributed by atoms with Gasteiger partial charge in [-0.05, 0) is 25.7 Å². The van der Waals surface area contributed by atoms with Gasteiger partial charge in [0.05, 0.1) is 14.2 Å². The van der Waals surface area contributed by atoms with Crippen LogP contribution in [-0.2, 0) is 0 Å². The number of urea groups is 1. The van der Waals surface area contributed by atoms with Crippen LogP contribution >= 0.6 is 0 Å². The fourth-order valence-corrected chi connectivity index (χ4v) is 2.77. The van der Waals surface area contributed by atoms with Crippen LogP contribution in [0.1, 0.15) is 32.6 Å². The molecule has 0 saturated carbocycles. The molecule has 1 fully saturated rings. The maximum atomic E-state index is 12.5. The Morgan fingerprint density at radius 3 is 2.48 bits per heavy atom. The lowest BCUT2D eigenvalue weighted by atomic mass is 10.0. The third-order valence-corrected chi connectivity index (χ3v) is 3.96. The van der Waals surface area contributed by atoms with E-state index in [0.29, 0.717) is 23.2 Å². The molecule has 1 aromatic rings.